The summed E-state index contributed by atoms with van der Waals surface area (Å²) >= 11 is 0. The minimum atomic E-state index is 0.951. The Labute approximate surface area is 240 Å². The van der Waals surface area contributed by atoms with Crippen molar-refractivity contribution in [2.24, 2.45) is 0 Å². The van der Waals surface area contributed by atoms with Crippen molar-refractivity contribution in [3.05, 3.63) is 87.5 Å². The Kier molecular flexibility index (Phi) is 13.7. The van der Waals surface area contributed by atoms with E-state index in [0.29, 0.717) is 0 Å². The number of benzene rings is 2. The summed E-state index contributed by atoms with van der Waals surface area (Å²) in [5.74, 6) is 0. The second-order valence-electron chi connectivity index (χ2n) is 11.6. The predicted octanol–water partition coefficient (Wildman–Crippen LogP) is 11.9. The van der Waals surface area contributed by atoms with Gasteiger partial charge >= 0.3 is 0 Å². The van der Waals surface area contributed by atoms with E-state index < -0.39 is 0 Å². The van der Waals surface area contributed by atoms with Gasteiger partial charge in [-0.05, 0) is 80.8 Å². The molecular weight excluding hydrogens is 472 g/mol. The molecule has 2 aromatic rings. The fraction of sp³-hybridized carbons (Fsp3) is 0.568. The van der Waals surface area contributed by atoms with E-state index in [-0.39, 0.29) is 0 Å². The topological polar surface area (TPSA) is 25.3 Å². The number of aryl methyl sites for hydroxylation is 2. The van der Waals surface area contributed by atoms with Gasteiger partial charge in [-0.1, -0.05) is 116 Å². The third kappa shape index (κ3) is 9.30. The number of unbranched alkanes of at least 4 members (excludes halogenated alkanes) is 11. The lowest BCUT2D eigenvalue weighted by molar-refractivity contribution is -0.345. The maximum Gasteiger partial charge on any atom is 0.211 e. The van der Waals surface area contributed by atoms with E-state index in [2.05, 4.69) is 76.2 Å². The largest absolute Gasteiger partial charge is 0.493 e. The zero-order chi connectivity index (χ0) is 27.9. The molecule has 212 valence electrons. The quantitative estimate of drug-likeness (QED) is 0.128. The Bertz CT molecular complexity index is 1070. The van der Waals surface area contributed by atoms with Gasteiger partial charge in [-0.25, -0.2) is 4.70 Å². The minimum absolute atomic E-state index is 0.951. The van der Waals surface area contributed by atoms with Crippen LogP contribution in [-0.2, 0) is 12.8 Å². The van der Waals surface area contributed by atoms with E-state index in [9.17, 15) is 5.53 Å². The van der Waals surface area contributed by atoms with Crippen molar-refractivity contribution in [1.82, 2.24) is 0 Å². The van der Waals surface area contributed by atoms with Crippen LogP contribution in [-0.4, -0.2) is 4.70 Å². The van der Waals surface area contributed by atoms with Gasteiger partial charge in [0.2, 0.25) is 11.4 Å². The smallest absolute Gasteiger partial charge is 0.211 e. The van der Waals surface area contributed by atoms with Crippen LogP contribution in [0, 0.1) is 0 Å². The van der Waals surface area contributed by atoms with Crippen molar-refractivity contribution in [2.75, 3.05) is 0 Å². The van der Waals surface area contributed by atoms with Gasteiger partial charge in [0.05, 0.1) is 0 Å². The van der Waals surface area contributed by atoms with Gasteiger partial charge in [0.15, 0.2) is 0 Å². The molecule has 39 heavy (non-hydrogen) atoms. The lowest BCUT2D eigenvalue weighted by atomic mass is 9.95. The Morgan fingerprint density at radius 1 is 0.487 bits per heavy atom. The Hall–Kier alpha value is -2.48. The predicted molar refractivity (Wildman–Crippen MR) is 170 cm³/mol. The van der Waals surface area contributed by atoms with E-state index in [0.717, 1.165) is 41.8 Å². The number of hydrogen-bond acceptors (Lipinski definition) is 0. The van der Waals surface area contributed by atoms with Crippen LogP contribution in [0.4, 0.5) is 0 Å². The van der Waals surface area contributed by atoms with Gasteiger partial charge < -0.3 is 5.53 Å². The van der Waals surface area contributed by atoms with E-state index >= 15 is 0 Å². The molecule has 0 bridgehead atoms. The number of allylic oxidation sites excluding steroid dienone is 2. The van der Waals surface area contributed by atoms with Crippen molar-refractivity contribution < 1.29 is 4.70 Å². The molecule has 0 spiro atoms. The fourth-order valence-corrected chi connectivity index (χ4v) is 5.91. The van der Waals surface area contributed by atoms with Crippen LogP contribution >= 0.6 is 0 Å². The highest BCUT2D eigenvalue weighted by molar-refractivity contribution is 5.81. The maximum absolute atomic E-state index is 11.6. The summed E-state index contributed by atoms with van der Waals surface area (Å²) in [7, 11) is 0. The average Bonchev–Trinajstić information content (AvgIpc) is 3.20. The molecule has 0 saturated carbocycles. The molecule has 0 amide bonds. The molecule has 0 fully saturated rings. The van der Waals surface area contributed by atoms with Crippen molar-refractivity contribution in [3.63, 3.8) is 0 Å². The first kappa shape index (κ1) is 31.1. The first-order chi connectivity index (χ1) is 19.1. The van der Waals surface area contributed by atoms with Gasteiger partial charge in [0.1, 0.15) is 0 Å². The fourth-order valence-electron chi connectivity index (χ4n) is 5.91. The van der Waals surface area contributed by atoms with Gasteiger partial charge in [-0.15, -0.1) is 0 Å². The molecule has 1 heterocycles. The average molecular weight is 527 g/mol. The van der Waals surface area contributed by atoms with Crippen LogP contribution in [0.25, 0.3) is 16.9 Å². The molecule has 3 rings (SSSR count). The van der Waals surface area contributed by atoms with Gasteiger partial charge in [-0.2, -0.15) is 0 Å². The monoisotopic (exact) mass is 526 g/mol. The molecule has 0 atom stereocenters. The highest BCUT2D eigenvalue weighted by Gasteiger charge is 2.33. The number of rotatable bonds is 19. The molecule has 2 heteroatoms. The Balaban J connectivity index is 1.78. The van der Waals surface area contributed by atoms with E-state index in [1.54, 1.807) is 0 Å². The number of hydrogen-bond donors (Lipinski definition) is 0. The molecule has 2 aromatic carbocycles. The molecule has 1 aliphatic heterocycles. The number of nitrogens with zero attached hydrogens (tertiary/aromatic N) is 2. The molecule has 0 aliphatic carbocycles. The summed E-state index contributed by atoms with van der Waals surface area (Å²) in [5, 5.41) is 0. The summed E-state index contributed by atoms with van der Waals surface area (Å²) in [4.78, 5) is 0. The van der Waals surface area contributed by atoms with Crippen LogP contribution < -0.4 is 0 Å². The molecule has 1 aliphatic rings. The second-order valence-corrected chi connectivity index (χ2v) is 11.6. The Morgan fingerprint density at radius 3 is 1.36 bits per heavy atom. The summed E-state index contributed by atoms with van der Waals surface area (Å²) in [6.07, 6.45) is 21.3. The second kappa shape index (κ2) is 17.3. The first-order valence-electron chi connectivity index (χ1n) is 16.2. The first-order valence-corrected chi connectivity index (χ1v) is 16.2. The zero-order valence-electron chi connectivity index (χ0n) is 25.5. The molecule has 0 radical (unpaired) electrons. The summed E-state index contributed by atoms with van der Waals surface area (Å²) in [6.45, 7) is 9.01. The molecule has 0 unspecified atom stereocenters. The standard InChI is InChI=1S/C37H54N2/c1-5-8-11-14-15-18-21-35-30(4)36(33-26-22-31(23-27-33)19-16-12-9-6-2)39(38)37(35)34-28-24-32(25-29-34)20-17-13-10-7-3/h22-29H,5-21H2,1-4H3. The lowest BCUT2D eigenvalue weighted by Gasteiger charge is -2.11. The third-order valence-electron chi connectivity index (χ3n) is 8.39. The highest BCUT2D eigenvalue weighted by Crippen LogP contribution is 2.42. The van der Waals surface area contributed by atoms with Crippen LogP contribution in [0.1, 0.15) is 146 Å². The molecule has 0 saturated heterocycles. The van der Waals surface area contributed by atoms with Crippen LogP contribution in [0.3, 0.4) is 0 Å². The van der Waals surface area contributed by atoms with E-state index in [1.165, 1.54) is 117 Å². The van der Waals surface area contributed by atoms with E-state index in [4.69, 9.17) is 0 Å². The van der Waals surface area contributed by atoms with Crippen LogP contribution in [0.5, 0.6) is 0 Å². The molecule has 2 nitrogen and oxygen atoms in total. The highest BCUT2D eigenvalue weighted by atomic mass is 15.2. The van der Waals surface area contributed by atoms with Gasteiger partial charge in [0.25, 0.3) is 0 Å². The zero-order valence-corrected chi connectivity index (χ0v) is 25.5. The minimum Gasteiger partial charge on any atom is -0.493 e. The summed E-state index contributed by atoms with van der Waals surface area (Å²) in [5.41, 5.74) is 21.1. The summed E-state index contributed by atoms with van der Waals surface area (Å²) in [6, 6.07) is 17.9. The Morgan fingerprint density at radius 2 is 0.872 bits per heavy atom. The van der Waals surface area contributed by atoms with Crippen LogP contribution in [0.15, 0.2) is 59.7 Å². The molecule has 0 N–H and O–H groups in total. The summed E-state index contributed by atoms with van der Waals surface area (Å²) < 4.78 is 1.49. The van der Waals surface area contributed by atoms with Crippen molar-refractivity contribution in [1.29, 1.82) is 0 Å². The molecule has 0 aromatic heterocycles. The lowest BCUT2D eigenvalue weighted by Crippen LogP contribution is -2.03. The maximum atomic E-state index is 11.6. The van der Waals surface area contributed by atoms with Crippen LogP contribution in [0.2, 0.25) is 0 Å². The van der Waals surface area contributed by atoms with Crippen molar-refractivity contribution in [2.45, 2.75) is 137 Å². The third-order valence-corrected chi connectivity index (χ3v) is 8.39. The van der Waals surface area contributed by atoms with Gasteiger partial charge in [-0.3, -0.25) is 0 Å². The van der Waals surface area contributed by atoms with Crippen molar-refractivity contribution in [3.8, 4) is 0 Å². The SMILES string of the molecule is CCCCCCCCC1=C(c2ccc(CCCCCC)cc2)[N+](=[N-])C(c2ccc(CCCCCC)cc2)=C1C. The van der Waals surface area contributed by atoms with E-state index in [1.807, 2.05) is 0 Å². The normalized spacial score (nSPS) is 13.7. The molecular formula is C37H54N2. The van der Waals surface area contributed by atoms with Gasteiger partial charge in [0, 0.05) is 22.3 Å². The van der Waals surface area contributed by atoms with Crippen molar-refractivity contribution >= 4 is 11.4 Å².